The lowest BCUT2D eigenvalue weighted by Gasteiger charge is -2.39. The van der Waals surface area contributed by atoms with E-state index in [-0.39, 0.29) is 48.4 Å². The molecule has 6 nitrogen and oxygen atoms in total. The summed E-state index contributed by atoms with van der Waals surface area (Å²) in [6.45, 7) is 0.782. The van der Waals surface area contributed by atoms with Crippen molar-refractivity contribution in [3.63, 3.8) is 0 Å². The maximum Gasteiger partial charge on any atom is 0.416 e. The van der Waals surface area contributed by atoms with Crippen LogP contribution in [0.4, 0.5) is 30.7 Å². The van der Waals surface area contributed by atoms with Gasteiger partial charge < -0.3 is 4.90 Å². The molecule has 0 spiro atoms. The number of rotatable bonds is 6. The molecule has 1 fully saturated rings. The fraction of sp³-hybridized carbons (Fsp3) is 0.357. The number of halogens is 8. The van der Waals surface area contributed by atoms with Gasteiger partial charge in [0.1, 0.15) is 10.7 Å². The Morgan fingerprint density at radius 2 is 1.65 bits per heavy atom. The zero-order valence-electron chi connectivity index (χ0n) is 22.8. The Balaban J connectivity index is 0.00000506. The van der Waals surface area contributed by atoms with Crippen LogP contribution in [-0.2, 0) is 33.7 Å². The number of aromatic nitrogens is 1. The number of hydrogen-bond donors (Lipinski definition) is 0. The Labute approximate surface area is 250 Å². The number of carbonyl (C=O) groups excluding carboxylic acids is 1. The van der Waals surface area contributed by atoms with Crippen LogP contribution in [0.1, 0.15) is 40.2 Å². The molecular weight excluding hydrogens is 627 g/mol. The van der Waals surface area contributed by atoms with Gasteiger partial charge in [-0.2, -0.15) is 30.6 Å². The monoisotopic (exact) mass is 653 g/mol. The highest BCUT2D eigenvalue weighted by molar-refractivity contribution is 7.89. The van der Waals surface area contributed by atoms with E-state index in [9.17, 15) is 43.9 Å². The number of aryl methyl sites for hydroxylation is 1. The van der Waals surface area contributed by atoms with Gasteiger partial charge in [0, 0.05) is 50.9 Å². The molecule has 2 heterocycles. The van der Waals surface area contributed by atoms with E-state index in [0.717, 1.165) is 4.90 Å². The van der Waals surface area contributed by atoms with Crippen LogP contribution < -0.4 is 0 Å². The zero-order chi connectivity index (χ0) is 31.0. The largest absolute Gasteiger partial charge is 0.416 e. The first-order valence-corrected chi connectivity index (χ1v) is 14.1. The van der Waals surface area contributed by atoms with Crippen molar-refractivity contribution in [2.24, 2.45) is 5.92 Å². The molecular formula is C28H27ClF7N3O3S. The lowest BCUT2D eigenvalue weighted by molar-refractivity contribution is -0.143. The molecule has 4 rings (SSSR count). The van der Waals surface area contributed by atoms with E-state index in [2.05, 4.69) is 4.98 Å². The summed E-state index contributed by atoms with van der Waals surface area (Å²) >= 11 is 0. The Morgan fingerprint density at radius 1 is 1.02 bits per heavy atom. The highest BCUT2D eigenvalue weighted by Gasteiger charge is 2.42. The van der Waals surface area contributed by atoms with Gasteiger partial charge in [-0.05, 0) is 72.5 Å². The number of benzene rings is 2. The normalized spacial score (nSPS) is 18.2. The molecule has 1 aliphatic rings. The molecule has 1 saturated heterocycles. The molecule has 234 valence electrons. The van der Waals surface area contributed by atoms with Crippen molar-refractivity contribution in [1.82, 2.24) is 14.2 Å². The van der Waals surface area contributed by atoms with Crippen molar-refractivity contribution >= 4 is 28.3 Å². The van der Waals surface area contributed by atoms with Crippen LogP contribution in [0.5, 0.6) is 0 Å². The molecule has 1 aromatic heterocycles. The number of nitrogens with zero attached hydrogens (tertiary/aromatic N) is 3. The maximum atomic E-state index is 13.9. The summed E-state index contributed by atoms with van der Waals surface area (Å²) in [7, 11) is -2.77. The molecule has 43 heavy (non-hydrogen) atoms. The minimum Gasteiger partial charge on any atom is -0.341 e. The minimum atomic E-state index is -5.05. The van der Waals surface area contributed by atoms with Crippen LogP contribution in [0, 0.1) is 18.7 Å². The summed E-state index contributed by atoms with van der Waals surface area (Å²) in [5.41, 5.74) is -2.43. The molecule has 0 unspecified atom stereocenters. The van der Waals surface area contributed by atoms with Crippen LogP contribution in [0.25, 0.3) is 0 Å². The van der Waals surface area contributed by atoms with Gasteiger partial charge in [-0.25, -0.2) is 12.8 Å². The number of alkyl halides is 6. The molecule has 3 aromatic rings. The standard InChI is InChI=1S/C28H26F7N3O3S.ClH/c1-17-10-21(29)5-6-23(17)25-16-38(42(40,41)22-4-3-8-36-14-22)9-7-24(25)26(39)37(2)15-18-11-19(27(30,31)32)13-20(12-18)28(33,34)35;/h3-6,8,10-14,24-25H,7,9,15-16H2,1-2H3;1H/t24-,25+;/m1./s1. The number of hydrogen-bond acceptors (Lipinski definition) is 4. The van der Waals surface area contributed by atoms with E-state index in [1.165, 1.54) is 54.1 Å². The molecule has 0 N–H and O–H groups in total. The van der Waals surface area contributed by atoms with E-state index in [0.29, 0.717) is 23.3 Å². The van der Waals surface area contributed by atoms with Gasteiger partial charge in [0.2, 0.25) is 15.9 Å². The topological polar surface area (TPSA) is 70.6 Å². The van der Waals surface area contributed by atoms with Crippen LogP contribution in [0.2, 0.25) is 0 Å². The van der Waals surface area contributed by atoms with Crippen molar-refractivity contribution in [2.45, 2.75) is 43.1 Å². The van der Waals surface area contributed by atoms with Gasteiger partial charge in [-0.15, -0.1) is 12.4 Å². The van der Waals surface area contributed by atoms with Gasteiger partial charge in [-0.3, -0.25) is 9.78 Å². The molecule has 2 atom stereocenters. The highest BCUT2D eigenvalue weighted by Crippen LogP contribution is 2.39. The molecule has 0 radical (unpaired) electrons. The third-order valence-electron chi connectivity index (χ3n) is 7.24. The Kier molecular flexibility index (Phi) is 10.2. The molecule has 1 amide bonds. The SMILES string of the molecule is Cc1cc(F)ccc1[C@@H]1CN(S(=O)(=O)c2cccnc2)CC[C@H]1C(=O)N(C)Cc1cc(C(F)(F)F)cc(C(F)(F)F)c1.Cl. The molecule has 2 aromatic carbocycles. The fourth-order valence-electron chi connectivity index (χ4n) is 5.20. The average Bonchev–Trinajstić information content (AvgIpc) is 2.91. The van der Waals surface area contributed by atoms with Gasteiger partial charge in [0.25, 0.3) is 0 Å². The van der Waals surface area contributed by atoms with E-state index in [4.69, 9.17) is 0 Å². The van der Waals surface area contributed by atoms with E-state index in [1.807, 2.05) is 0 Å². The number of sulfonamides is 1. The molecule has 0 bridgehead atoms. The Morgan fingerprint density at radius 3 is 2.19 bits per heavy atom. The maximum absolute atomic E-state index is 13.9. The Hall–Kier alpha value is -3.23. The lowest BCUT2D eigenvalue weighted by Crippen LogP contribution is -2.47. The number of carbonyl (C=O) groups is 1. The molecule has 0 aliphatic carbocycles. The number of pyridine rings is 1. The summed E-state index contributed by atoms with van der Waals surface area (Å²) in [5, 5.41) is 0. The predicted molar refractivity (Wildman–Crippen MR) is 145 cm³/mol. The van der Waals surface area contributed by atoms with Crippen molar-refractivity contribution in [3.05, 3.63) is 94.6 Å². The van der Waals surface area contributed by atoms with Crippen LogP contribution in [0.3, 0.4) is 0 Å². The van der Waals surface area contributed by atoms with Gasteiger partial charge in [0.15, 0.2) is 0 Å². The van der Waals surface area contributed by atoms with Gasteiger partial charge >= 0.3 is 12.4 Å². The summed E-state index contributed by atoms with van der Waals surface area (Å²) in [6.07, 6.45) is -7.50. The van der Waals surface area contributed by atoms with Crippen LogP contribution in [-0.4, -0.2) is 48.7 Å². The first-order chi connectivity index (χ1) is 19.5. The van der Waals surface area contributed by atoms with E-state index >= 15 is 0 Å². The first-order valence-electron chi connectivity index (χ1n) is 12.7. The second-order valence-corrected chi connectivity index (χ2v) is 12.1. The first kappa shape index (κ1) is 34.3. The minimum absolute atomic E-state index is 0. The summed E-state index contributed by atoms with van der Waals surface area (Å²) in [5.74, 6) is -2.83. The third kappa shape index (κ3) is 7.65. The smallest absolute Gasteiger partial charge is 0.341 e. The third-order valence-corrected chi connectivity index (χ3v) is 9.09. The number of amides is 1. The van der Waals surface area contributed by atoms with Crippen LogP contribution in [0.15, 0.2) is 65.8 Å². The summed E-state index contributed by atoms with van der Waals surface area (Å²) in [4.78, 5) is 18.5. The Bertz CT molecular complexity index is 1540. The molecule has 0 saturated carbocycles. The fourth-order valence-corrected chi connectivity index (χ4v) is 6.65. The van der Waals surface area contributed by atoms with Crippen molar-refractivity contribution in [1.29, 1.82) is 0 Å². The summed E-state index contributed by atoms with van der Waals surface area (Å²) < 4.78 is 122. The van der Waals surface area contributed by atoms with Gasteiger partial charge in [-0.1, -0.05) is 6.07 Å². The predicted octanol–water partition coefficient (Wildman–Crippen LogP) is 6.44. The molecule has 1 aliphatic heterocycles. The average molecular weight is 654 g/mol. The van der Waals surface area contributed by atoms with E-state index in [1.54, 1.807) is 6.92 Å². The van der Waals surface area contributed by atoms with Crippen molar-refractivity contribution in [2.75, 3.05) is 20.1 Å². The second kappa shape index (κ2) is 12.8. The van der Waals surface area contributed by atoms with Gasteiger partial charge in [0.05, 0.1) is 11.1 Å². The van der Waals surface area contributed by atoms with Crippen LogP contribution >= 0.6 is 12.4 Å². The van der Waals surface area contributed by atoms with E-state index < -0.39 is 63.6 Å². The number of piperidine rings is 1. The van der Waals surface area contributed by atoms with Crippen molar-refractivity contribution < 1.29 is 43.9 Å². The highest BCUT2D eigenvalue weighted by atomic mass is 35.5. The lowest BCUT2D eigenvalue weighted by atomic mass is 9.79. The van der Waals surface area contributed by atoms with Crippen molar-refractivity contribution in [3.8, 4) is 0 Å². The zero-order valence-corrected chi connectivity index (χ0v) is 24.4. The second-order valence-electron chi connectivity index (χ2n) is 10.2. The quantitative estimate of drug-likeness (QED) is 0.287. The molecule has 15 heteroatoms. The summed E-state index contributed by atoms with van der Waals surface area (Å²) in [6, 6.07) is 7.80.